The number of pyridine rings is 1. The molecule has 1 aromatic carbocycles. The van der Waals surface area contributed by atoms with Gasteiger partial charge in [-0.2, -0.15) is 4.36 Å². The predicted octanol–water partition coefficient (Wildman–Crippen LogP) is 2.71. The fourth-order valence-electron chi connectivity index (χ4n) is 2.05. The lowest BCUT2D eigenvalue weighted by molar-refractivity contribution is -0.114. The summed E-state index contributed by atoms with van der Waals surface area (Å²) in [6.45, 7) is 3.06. The number of carbonyl (C=O) groups is 2. The molecule has 2 aromatic rings. The van der Waals surface area contributed by atoms with Gasteiger partial charge in [-0.3, -0.25) is 14.6 Å². The summed E-state index contributed by atoms with van der Waals surface area (Å²) in [6.07, 6.45) is 4.27. The van der Waals surface area contributed by atoms with Crippen LogP contribution in [-0.2, 0) is 14.5 Å². The molecule has 128 valence electrons. The van der Waals surface area contributed by atoms with Crippen LogP contribution in [0, 0.1) is 11.8 Å². The summed E-state index contributed by atoms with van der Waals surface area (Å²) in [4.78, 5) is 27.8. The third-order valence-corrected chi connectivity index (χ3v) is 4.75. The van der Waals surface area contributed by atoms with Crippen LogP contribution < -0.4 is 5.32 Å². The Hall–Kier alpha value is -2.98. The summed E-state index contributed by atoms with van der Waals surface area (Å²) in [5.74, 6) is 4.65. The van der Waals surface area contributed by atoms with Crippen LogP contribution in [0.2, 0.25) is 0 Å². The van der Waals surface area contributed by atoms with E-state index in [2.05, 4.69) is 26.5 Å². The number of amides is 2. The monoisotopic (exact) mass is 355 g/mol. The van der Waals surface area contributed by atoms with Gasteiger partial charge in [-0.05, 0) is 31.2 Å². The van der Waals surface area contributed by atoms with E-state index in [0.717, 1.165) is 0 Å². The van der Waals surface area contributed by atoms with Crippen LogP contribution in [0.25, 0.3) is 0 Å². The van der Waals surface area contributed by atoms with E-state index in [9.17, 15) is 13.8 Å². The zero-order valence-corrected chi connectivity index (χ0v) is 14.9. The second-order valence-corrected chi connectivity index (χ2v) is 7.50. The summed E-state index contributed by atoms with van der Waals surface area (Å²) >= 11 is 0. The average Bonchev–Trinajstić information content (AvgIpc) is 2.55. The predicted molar refractivity (Wildman–Crippen MR) is 96.6 cm³/mol. The lowest BCUT2D eigenvalue weighted by Crippen LogP contribution is -2.08. The smallest absolute Gasteiger partial charge is 0.286 e. The topological polar surface area (TPSA) is 88.5 Å². The summed E-state index contributed by atoms with van der Waals surface area (Å²) in [7, 11) is -2.98. The van der Waals surface area contributed by atoms with E-state index in [-0.39, 0.29) is 11.5 Å². The molecule has 1 unspecified atom stereocenters. The molecule has 6 nitrogen and oxygen atoms in total. The van der Waals surface area contributed by atoms with Crippen molar-refractivity contribution in [1.29, 1.82) is 0 Å². The van der Waals surface area contributed by atoms with Crippen molar-refractivity contribution in [2.24, 2.45) is 4.36 Å². The largest absolute Gasteiger partial charge is 0.326 e. The standard InChI is InChI=1S/C18H17N3O3S/c1-4-6-14-9-15(12-19-11-14)18(23)21-25(3,24)17-8-5-7-16(10-17)20-13(2)22/h5,7-12H,1-3H3,(H,20,22). The first-order valence-corrected chi connectivity index (χ1v) is 9.26. The van der Waals surface area contributed by atoms with Gasteiger partial charge in [0.1, 0.15) is 0 Å². The molecule has 25 heavy (non-hydrogen) atoms. The maximum atomic E-state index is 12.9. The summed E-state index contributed by atoms with van der Waals surface area (Å²) in [6, 6.07) is 8.00. The molecule has 1 heterocycles. The molecule has 1 atom stereocenters. The van der Waals surface area contributed by atoms with Crippen LogP contribution in [0.4, 0.5) is 5.69 Å². The molecule has 0 saturated carbocycles. The van der Waals surface area contributed by atoms with Crippen LogP contribution >= 0.6 is 0 Å². The highest BCUT2D eigenvalue weighted by atomic mass is 32.2. The Bertz CT molecular complexity index is 1010. The molecule has 0 aliphatic carbocycles. The second kappa shape index (κ2) is 7.73. The molecule has 0 bridgehead atoms. The van der Waals surface area contributed by atoms with Crippen LogP contribution in [0.5, 0.6) is 0 Å². The zero-order valence-electron chi connectivity index (χ0n) is 14.1. The second-order valence-electron chi connectivity index (χ2n) is 5.25. The number of nitrogens with one attached hydrogen (secondary N) is 1. The van der Waals surface area contributed by atoms with Crippen molar-refractivity contribution < 1.29 is 13.8 Å². The molecule has 1 aromatic heterocycles. The van der Waals surface area contributed by atoms with Crippen molar-refractivity contribution >= 4 is 27.2 Å². The Morgan fingerprint density at radius 3 is 2.68 bits per heavy atom. The minimum absolute atomic E-state index is 0.216. The molecule has 0 spiro atoms. The van der Waals surface area contributed by atoms with Gasteiger partial charge in [-0.15, -0.1) is 5.92 Å². The molecule has 2 rings (SSSR count). The van der Waals surface area contributed by atoms with Gasteiger partial charge in [0.05, 0.1) is 15.3 Å². The highest BCUT2D eigenvalue weighted by Gasteiger charge is 2.13. The number of anilines is 1. The molecule has 0 fully saturated rings. The van der Waals surface area contributed by atoms with Crippen molar-refractivity contribution in [2.45, 2.75) is 18.7 Å². The first-order valence-electron chi connectivity index (χ1n) is 7.34. The van der Waals surface area contributed by atoms with E-state index in [1.807, 2.05) is 0 Å². The highest BCUT2D eigenvalue weighted by molar-refractivity contribution is 7.93. The highest BCUT2D eigenvalue weighted by Crippen LogP contribution is 2.18. The van der Waals surface area contributed by atoms with Gasteiger partial charge >= 0.3 is 0 Å². The Labute approximate surface area is 146 Å². The Kier molecular flexibility index (Phi) is 5.67. The van der Waals surface area contributed by atoms with E-state index >= 15 is 0 Å². The van der Waals surface area contributed by atoms with Gasteiger partial charge in [0.2, 0.25) is 5.91 Å². The first-order chi connectivity index (χ1) is 11.8. The van der Waals surface area contributed by atoms with Gasteiger partial charge < -0.3 is 5.32 Å². The number of hydrogen-bond acceptors (Lipinski definition) is 4. The molecule has 1 N–H and O–H groups in total. The number of rotatable bonds is 3. The van der Waals surface area contributed by atoms with Crippen molar-refractivity contribution in [3.05, 3.63) is 53.9 Å². The molecule has 2 amide bonds. The molecular weight excluding hydrogens is 338 g/mol. The number of hydrogen-bond donors (Lipinski definition) is 1. The quantitative estimate of drug-likeness (QED) is 0.858. The molecule has 0 saturated heterocycles. The van der Waals surface area contributed by atoms with E-state index in [0.29, 0.717) is 16.1 Å². The van der Waals surface area contributed by atoms with Gasteiger partial charge in [-0.25, -0.2) is 4.21 Å². The number of nitrogens with zero attached hydrogens (tertiary/aromatic N) is 2. The molecule has 0 aliphatic rings. The van der Waals surface area contributed by atoms with Crippen molar-refractivity contribution in [1.82, 2.24) is 4.98 Å². The van der Waals surface area contributed by atoms with Crippen molar-refractivity contribution in [2.75, 3.05) is 11.6 Å². The van der Waals surface area contributed by atoms with E-state index in [1.165, 1.54) is 31.6 Å². The van der Waals surface area contributed by atoms with Crippen LogP contribution in [0.3, 0.4) is 0 Å². The fourth-order valence-corrected chi connectivity index (χ4v) is 3.25. The molecule has 0 aliphatic heterocycles. The van der Waals surface area contributed by atoms with Gasteiger partial charge in [0.25, 0.3) is 5.91 Å². The minimum atomic E-state index is -2.98. The fraction of sp³-hybridized carbons (Fsp3) is 0.167. The van der Waals surface area contributed by atoms with Crippen LogP contribution in [-0.4, -0.2) is 27.3 Å². The van der Waals surface area contributed by atoms with Gasteiger partial charge in [0.15, 0.2) is 0 Å². The molecule has 0 radical (unpaired) electrons. The van der Waals surface area contributed by atoms with Crippen molar-refractivity contribution in [3.63, 3.8) is 0 Å². The Morgan fingerprint density at radius 2 is 2.00 bits per heavy atom. The van der Waals surface area contributed by atoms with Crippen LogP contribution in [0.1, 0.15) is 29.8 Å². The lowest BCUT2D eigenvalue weighted by Gasteiger charge is -2.07. The van der Waals surface area contributed by atoms with E-state index in [1.54, 1.807) is 31.2 Å². The average molecular weight is 355 g/mol. The van der Waals surface area contributed by atoms with E-state index < -0.39 is 15.6 Å². The maximum absolute atomic E-state index is 12.9. The number of aromatic nitrogens is 1. The van der Waals surface area contributed by atoms with Crippen molar-refractivity contribution in [3.8, 4) is 11.8 Å². The van der Waals surface area contributed by atoms with Gasteiger partial charge in [0, 0.05) is 41.7 Å². The maximum Gasteiger partial charge on any atom is 0.286 e. The third kappa shape index (κ3) is 4.99. The molecule has 7 heteroatoms. The van der Waals surface area contributed by atoms with Crippen LogP contribution in [0.15, 0.2) is 52.0 Å². The summed E-state index contributed by atoms with van der Waals surface area (Å²) in [5, 5.41) is 2.61. The zero-order chi connectivity index (χ0) is 18.4. The lowest BCUT2D eigenvalue weighted by atomic mass is 10.2. The Balaban J connectivity index is 2.39. The SMILES string of the molecule is CC#Cc1cncc(C(=O)N=S(C)(=O)c2cccc(NC(C)=O)c2)c1. The summed E-state index contributed by atoms with van der Waals surface area (Å²) in [5.41, 5.74) is 1.29. The molecular formula is C18H17N3O3S. The third-order valence-electron chi connectivity index (χ3n) is 3.10. The summed E-state index contributed by atoms with van der Waals surface area (Å²) < 4.78 is 16.7. The number of carbonyl (C=O) groups excluding carboxylic acids is 2. The van der Waals surface area contributed by atoms with Gasteiger partial charge in [-0.1, -0.05) is 12.0 Å². The minimum Gasteiger partial charge on any atom is -0.326 e. The number of benzene rings is 1. The first kappa shape index (κ1) is 18.4. The Morgan fingerprint density at radius 1 is 1.24 bits per heavy atom. The van der Waals surface area contributed by atoms with E-state index in [4.69, 9.17) is 0 Å². The normalized spacial score (nSPS) is 12.3.